The molecule has 1 aromatic carbocycles. The number of carbonyl (C=O) groups is 2. The summed E-state index contributed by atoms with van der Waals surface area (Å²) in [5.74, 6) is -0.113. The summed E-state index contributed by atoms with van der Waals surface area (Å²) < 4.78 is 1.61. The Balaban J connectivity index is 1.53. The molecule has 24 heavy (non-hydrogen) atoms. The molecule has 1 aliphatic heterocycles. The second-order valence-electron chi connectivity index (χ2n) is 5.89. The van der Waals surface area contributed by atoms with Gasteiger partial charge in [0.15, 0.2) is 5.82 Å². The number of para-hydroxylation sites is 1. The molecule has 0 spiro atoms. The van der Waals surface area contributed by atoms with Crippen molar-refractivity contribution in [3.05, 3.63) is 36.7 Å². The molecule has 8 nitrogen and oxygen atoms in total. The minimum Gasteiger partial charge on any atom is -0.323 e. The molecule has 3 aromatic rings. The van der Waals surface area contributed by atoms with Gasteiger partial charge in [-0.25, -0.2) is 0 Å². The van der Waals surface area contributed by atoms with Crippen molar-refractivity contribution in [3.63, 3.8) is 0 Å². The Kier molecular flexibility index (Phi) is 3.30. The Morgan fingerprint density at radius 1 is 1.38 bits per heavy atom. The van der Waals surface area contributed by atoms with Crippen LogP contribution in [-0.2, 0) is 16.6 Å². The zero-order valence-corrected chi connectivity index (χ0v) is 13.1. The van der Waals surface area contributed by atoms with Gasteiger partial charge in [0.05, 0.1) is 23.3 Å². The van der Waals surface area contributed by atoms with Crippen molar-refractivity contribution in [2.24, 2.45) is 13.0 Å². The normalized spacial score (nSPS) is 17.6. The molecule has 0 radical (unpaired) electrons. The molecule has 1 atom stereocenters. The predicted molar refractivity (Wildman–Crippen MR) is 88.4 cm³/mol. The second kappa shape index (κ2) is 5.48. The van der Waals surface area contributed by atoms with Gasteiger partial charge in [-0.2, -0.15) is 10.2 Å². The fourth-order valence-corrected chi connectivity index (χ4v) is 2.97. The van der Waals surface area contributed by atoms with Crippen LogP contribution in [0.25, 0.3) is 10.9 Å². The number of fused-ring (bicyclic) bond motifs is 1. The lowest BCUT2D eigenvalue weighted by atomic mass is 10.1. The quantitative estimate of drug-likeness (QED) is 0.759. The summed E-state index contributed by atoms with van der Waals surface area (Å²) in [7, 11) is 1.78. The highest BCUT2D eigenvalue weighted by Crippen LogP contribution is 2.30. The third kappa shape index (κ3) is 2.41. The minimum atomic E-state index is -0.409. The van der Waals surface area contributed by atoms with E-state index >= 15 is 0 Å². The van der Waals surface area contributed by atoms with Gasteiger partial charge in [0.2, 0.25) is 11.8 Å². The van der Waals surface area contributed by atoms with Crippen molar-refractivity contribution in [1.29, 1.82) is 0 Å². The Morgan fingerprint density at radius 2 is 2.21 bits per heavy atom. The molecular formula is C16H16N6O2. The summed E-state index contributed by atoms with van der Waals surface area (Å²) >= 11 is 0. The number of nitrogens with one attached hydrogen (secondary N) is 2. The van der Waals surface area contributed by atoms with Crippen molar-refractivity contribution in [2.75, 3.05) is 16.8 Å². The lowest BCUT2D eigenvalue weighted by Crippen LogP contribution is -2.28. The van der Waals surface area contributed by atoms with E-state index in [0.717, 1.165) is 10.9 Å². The van der Waals surface area contributed by atoms with Gasteiger partial charge < -0.3 is 5.32 Å². The number of benzene rings is 1. The number of carbonyl (C=O) groups excluding carboxylic acids is 2. The first kappa shape index (κ1) is 14.4. The van der Waals surface area contributed by atoms with E-state index in [-0.39, 0.29) is 18.2 Å². The first-order chi connectivity index (χ1) is 11.6. The zero-order chi connectivity index (χ0) is 16.7. The smallest absolute Gasteiger partial charge is 0.229 e. The number of hydrogen-bond acceptors (Lipinski definition) is 4. The number of aromatic nitrogens is 4. The number of H-pyrrole nitrogens is 1. The molecule has 0 bridgehead atoms. The largest absolute Gasteiger partial charge is 0.323 e. The highest BCUT2D eigenvalue weighted by Gasteiger charge is 2.36. The average molecular weight is 324 g/mol. The van der Waals surface area contributed by atoms with Crippen LogP contribution in [0.15, 0.2) is 36.7 Å². The molecule has 0 saturated carbocycles. The standard InChI is InChI=1S/C16H16N6O2/c1-21-9-11(7-17-21)18-16(24)10-6-14(23)22(8-10)15-12-4-2-3-5-13(12)19-20-15/h2-5,7,9-10H,6,8H2,1H3,(H,18,24)(H,19,20)/t10-/m0/s1. The van der Waals surface area contributed by atoms with Gasteiger partial charge in [-0.15, -0.1) is 0 Å². The summed E-state index contributed by atoms with van der Waals surface area (Å²) in [4.78, 5) is 26.3. The molecule has 2 aromatic heterocycles. The number of anilines is 2. The Morgan fingerprint density at radius 3 is 3.00 bits per heavy atom. The molecular weight excluding hydrogens is 308 g/mol. The summed E-state index contributed by atoms with van der Waals surface area (Å²) in [6.07, 6.45) is 3.47. The molecule has 3 heterocycles. The van der Waals surface area contributed by atoms with Crippen LogP contribution >= 0.6 is 0 Å². The summed E-state index contributed by atoms with van der Waals surface area (Å²) in [5, 5.41) is 14.8. The van der Waals surface area contributed by atoms with Gasteiger partial charge in [0.25, 0.3) is 0 Å². The third-order valence-corrected chi connectivity index (χ3v) is 4.17. The topological polar surface area (TPSA) is 95.9 Å². The molecule has 2 N–H and O–H groups in total. The Bertz CT molecular complexity index is 927. The molecule has 0 unspecified atom stereocenters. The van der Waals surface area contributed by atoms with E-state index < -0.39 is 5.92 Å². The molecule has 122 valence electrons. The van der Waals surface area contributed by atoms with Crippen LogP contribution < -0.4 is 10.2 Å². The highest BCUT2D eigenvalue weighted by molar-refractivity contribution is 6.06. The van der Waals surface area contributed by atoms with Crippen LogP contribution in [0.2, 0.25) is 0 Å². The molecule has 8 heteroatoms. The van der Waals surface area contributed by atoms with E-state index in [1.54, 1.807) is 29.0 Å². The predicted octanol–water partition coefficient (Wildman–Crippen LogP) is 1.29. The van der Waals surface area contributed by atoms with Gasteiger partial charge in [-0.1, -0.05) is 12.1 Å². The van der Waals surface area contributed by atoms with Crippen LogP contribution in [0.1, 0.15) is 6.42 Å². The van der Waals surface area contributed by atoms with Crippen LogP contribution in [0.5, 0.6) is 0 Å². The monoisotopic (exact) mass is 324 g/mol. The Labute approximate surface area is 137 Å². The maximum atomic E-state index is 12.4. The highest BCUT2D eigenvalue weighted by atomic mass is 16.2. The molecule has 1 saturated heterocycles. The van der Waals surface area contributed by atoms with Crippen LogP contribution in [0.3, 0.4) is 0 Å². The SMILES string of the molecule is Cn1cc(NC(=O)[C@H]2CC(=O)N(c3n[nH]c4ccccc34)C2)cn1. The number of aromatic amines is 1. The zero-order valence-electron chi connectivity index (χ0n) is 13.1. The fourth-order valence-electron chi connectivity index (χ4n) is 2.97. The molecule has 0 aliphatic carbocycles. The van der Waals surface area contributed by atoms with E-state index in [0.29, 0.717) is 18.1 Å². The van der Waals surface area contributed by atoms with Crippen molar-refractivity contribution in [2.45, 2.75) is 6.42 Å². The first-order valence-corrected chi connectivity index (χ1v) is 7.65. The van der Waals surface area contributed by atoms with Gasteiger partial charge in [-0.05, 0) is 12.1 Å². The maximum absolute atomic E-state index is 12.4. The van der Waals surface area contributed by atoms with Gasteiger partial charge in [0.1, 0.15) is 0 Å². The van der Waals surface area contributed by atoms with Crippen LogP contribution in [0.4, 0.5) is 11.5 Å². The number of nitrogens with zero attached hydrogens (tertiary/aromatic N) is 4. The summed E-state index contributed by atoms with van der Waals surface area (Å²) in [5.41, 5.74) is 1.49. The van der Waals surface area contributed by atoms with E-state index in [9.17, 15) is 9.59 Å². The second-order valence-corrected chi connectivity index (χ2v) is 5.89. The van der Waals surface area contributed by atoms with Gasteiger partial charge in [0, 0.05) is 31.6 Å². The van der Waals surface area contributed by atoms with Crippen molar-refractivity contribution >= 4 is 34.2 Å². The van der Waals surface area contributed by atoms with Crippen molar-refractivity contribution < 1.29 is 9.59 Å². The lowest BCUT2D eigenvalue weighted by Gasteiger charge is -2.14. The van der Waals surface area contributed by atoms with E-state index in [1.807, 2.05) is 24.3 Å². The van der Waals surface area contributed by atoms with Gasteiger partial charge >= 0.3 is 0 Å². The van der Waals surface area contributed by atoms with E-state index in [2.05, 4.69) is 20.6 Å². The average Bonchev–Trinajstić information content (AvgIpc) is 3.26. The third-order valence-electron chi connectivity index (χ3n) is 4.17. The number of amides is 2. The first-order valence-electron chi connectivity index (χ1n) is 7.65. The van der Waals surface area contributed by atoms with Gasteiger partial charge in [-0.3, -0.25) is 24.3 Å². The van der Waals surface area contributed by atoms with Crippen LogP contribution in [-0.4, -0.2) is 38.3 Å². The van der Waals surface area contributed by atoms with Crippen molar-refractivity contribution in [3.8, 4) is 0 Å². The fraction of sp³-hybridized carbons (Fsp3) is 0.250. The maximum Gasteiger partial charge on any atom is 0.229 e. The van der Waals surface area contributed by atoms with E-state index in [4.69, 9.17) is 0 Å². The number of rotatable bonds is 3. The van der Waals surface area contributed by atoms with Crippen LogP contribution in [0, 0.1) is 5.92 Å². The molecule has 4 rings (SSSR count). The Hall–Kier alpha value is -3.16. The summed E-state index contributed by atoms with van der Waals surface area (Å²) in [6.45, 7) is 0.319. The van der Waals surface area contributed by atoms with Crippen molar-refractivity contribution in [1.82, 2.24) is 20.0 Å². The minimum absolute atomic E-state index is 0.0985. The van der Waals surface area contributed by atoms with E-state index in [1.165, 1.54) is 0 Å². The number of hydrogen-bond donors (Lipinski definition) is 2. The lowest BCUT2D eigenvalue weighted by molar-refractivity contribution is -0.122. The molecule has 2 amide bonds. The number of aryl methyl sites for hydroxylation is 1. The summed E-state index contributed by atoms with van der Waals surface area (Å²) in [6, 6.07) is 7.61. The molecule has 1 aliphatic rings. The molecule has 1 fully saturated rings.